The third-order valence-corrected chi connectivity index (χ3v) is 2.08. The monoisotopic (exact) mass is 260 g/mol. The molecule has 0 amide bonds. The van der Waals surface area contributed by atoms with Crippen LogP contribution in [-0.2, 0) is 16.0 Å². The summed E-state index contributed by atoms with van der Waals surface area (Å²) in [4.78, 5) is 24.5. The van der Waals surface area contributed by atoms with Gasteiger partial charge in [0.25, 0.3) is 12.1 Å². The van der Waals surface area contributed by atoms with Gasteiger partial charge in [-0.3, -0.25) is 19.9 Å². The van der Waals surface area contributed by atoms with Gasteiger partial charge in [-0.05, 0) is 6.92 Å². The summed E-state index contributed by atoms with van der Waals surface area (Å²) in [6.45, 7) is 1.68. The number of rotatable bonds is 5. The van der Waals surface area contributed by atoms with E-state index in [1.807, 2.05) is 0 Å². The standard InChI is InChI=1S/C10H10F2N2O4/c1-2-18-8(15)3-6-4-13-5-7(10(11)12)9(6)14(16)17/h4-5,10H,2-3H2,1H3. The quantitative estimate of drug-likeness (QED) is 0.459. The molecule has 0 bridgehead atoms. The SMILES string of the molecule is CCOC(=O)Cc1cncc(C(F)F)c1[N+](=O)[O-]. The van der Waals surface area contributed by atoms with Crippen LogP contribution in [0.25, 0.3) is 0 Å². The van der Waals surface area contributed by atoms with Gasteiger partial charge in [-0.25, -0.2) is 8.78 Å². The second-order valence-corrected chi connectivity index (χ2v) is 3.28. The number of alkyl halides is 2. The highest BCUT2D eigenvalue weighted by Crippen LogP contribution is 2.31. The van der Waals surface area contributed by atoms with Gasteiger partial charge < -0.3 is 4.74 Å². The van der Waals surface area contributed by atoms with Crippen LogP contribution in [0.1, 0.15) is 24.5 Å². The third-order valence-electron chi connectivity index (χ3n) is 2.08. The molecule has 98 valence electrons. The van der Waals surface area contributed by atoms with E-state index >= 15 is 0 Å². The Morgan fingerprint density at radius 1 is 1.56 bits per heavy atom. The summed E-state index contributed by atoms with van der Waals surface area (Å²) < 4.78 is 29.8. The van der Waals surface area contributed by atoms with Crippen molar-refractivity contribution in [2.24, 2.45) is 0 Å². The molecule has 1 aromatic heterocycles. The first kappa shape index (κ1) is 13.9. The summed E-state index contributed by atoms with van der Waals surface area (Å²) in [5, 5.41) is 10.8. The lowest BCUT2D eigenvalue weighted by Gasteiger charge is -2.06. The van der Waals surface area contributed by atoms with E-state index in [4.69, 9.17) is 0 Å². The number of carbonyl (C=O) groups excluding carboxylic acids is 1. The Labute approximate surface area is 101 Å². The van der Waals surface area contributed by atoms with E-state index in [1.54, 1.807) is 6.92 Å². The summed E-state index contributed by atoms with van der Waals surface area (Å²) >= 11 is 0. The number of halogens is 2. The molecule has 0 saturated heterocycles. The molecule has 0 aliphatic heterocycles. The van der Waals surface area contributed by atoms with Crippen molar-refractivity contribution in [2.75, 3.05) is 6.61 Å². The predicted molar refractivity (Wildman–Crippen MR) is 56.2 cm³/mol. The molecule has 0 unspecified atom stereocenters. The van der Waals surface area contributed by atoms with Gasteiger partial charge in [0.15, 0.2) is 0 Å². The zero-order valence-electron chi connectivity index (χ0n) is 9.43. The maximum absolute atomic E-state index is 12.6. The lowest BCUT2D eigenvalue weighted by atomic mass is 10.1. The summed E-state index contributed by atoms with van der Waals surface area (Å²) in [6.07, 6.45) is -1.75. The highest BCUT2D eigenvalue weighted by atomic mass is 19.3. The molecular weight excluding hydrogens is 250 g/mol. The second-order valence-electron chi connectivity index (χ2n) is 3.28. The molecular formula is C10H10F2N2O4. The van der Waals surface area contributed by atoms with Crippen LogP contribution in [0.15, 0.2) is 12.4 Å². The van der Waals surface area contributed by atoms with Crippen LogP contribution in [0.2, 0.25) is 0 Å². The van der Waals surface area contributed by atoms with Crippen molar-refractivity contribution in [3.8, 4) is 0 Å². The first-order chi connectivity index (χ1) is 8.47. The molecule has 6 nitrogen and oxygen atoms in total. The molecule has 0 N–H and O–H groups in total. The van der Waals surface area contributed by atoms with Crippen molar-refractivity contribution in [1.29, 1.82) is 0 Å². The van der Waals surface area contributed by atoms with Gasteiger partial charge in [0.1, 0.15) is 5.56 Å². The molecule has 0 atom stereocenters. The van der Waals surface area contributed by atoms with Gasteiger partial charge in [-0.2, -0.15) is 0 Å². The topological polar surface area (TPSA) is 82.3 Å². The zero-order valence-corrected chi connectivity index (χ0v) is 9.43. The van der Waals surface area contributed by atoms with Crippen LogP contribution in [0.5, 0.6) is 0 Å². The number of aromatic nitrogens is 1. The van der Waals surface area contributed by atoms with Crippen molar-refractivity contribution >= 4 is 11.7 Å². The lowest BCUT2D eigenvalue weighted by Crippen LogP contribution is -2.11. The Bertz CT molecular complexity index is 465. The highest BCUT2D eigenvalue weighted by molar-refractivity contribution is 5.74. The second kappa shape index (κ2) is 5.99. The maximum Gasteiger partial charge on any atom is 0.310 e. The van der Waals surface area contributed by atoms with Crippen LogP contribution < -0.4 is 0 Å². The summed E-state index contributed by atoms with van der Waals surface area (Å²) in [6, 6.07) is 0. The summed E-state index contributed by atoms with van der Waals surface area (Å²) in [5.74, 6) is -0.728. The third kappa shape index (κ3) is 3.19. The van der Waals surface area contributed by atoms with Crippen LogP contribution in [-0.4, -0.2) is 22.5 Å². The molecule has 0 fully saturated rings. The Balaban J connectivity index is 3.15. The van der Waals surface area contributed by atoms with Gasteiger partial charge >= 0.3 is 5.97 Å². The van der Waals surface area contributed by atoms with Gasteiger partial charge in [-0.15, -0.1) is 0 Å². The summed E-state index contributed by atoms with van der Waals surface area (Å²) in [7, 11) is 0. The van der Waals surface area contributed by atoms with Crippen LogP contribution in [0, 0.1) is 10.1 Å². The molecule has 0 aliphatic rings. The van der Waals surface area contributed by atoms with Crippen molar-refractivity contribution < 1.29 is 23.2 Å². The van der Waals surface area contributed by atoms with E-state index in [0.717, 1.165) is 12.4 Å². The zero-order chi connectivity index (χ0) is 13.7. The molecule has 0 spiro atoms. The number of ether oxygens (including phenoxy) is 1. The van der Waals surface area contributed by atoms with E-state index in [9.17, 15) is 23.7 Å². The molecule has 0 aromatic carbocycles. The van der Waals surface area contributed by atoms with Gasteiger partial charge in [-0.1, -0.05) is 0 Å². The first-order valence-electron chi connectivity index (χ1n) is 5.02. The van der Waals surface area contributed by atoms with E-state index in [1.165, 1.54) is 0 Å². The summed E-state index contributed by atoms with van der Waals surface area (Å²) in [5.41, 5.74) is -1.77. The normalized spacial score (nSPS) is 10.4. The van der Waals surface area contributed by atoms with E-state index in [0.29, 0.717) is 0 Å². The smallest absolute Gasteiger partial charge is 0.310 e. The van der Waals surface area contributed by atoms with E-state index in [2.05, 4.69) is 9.72 Å². The van der Waals surface area contributed by atoms with Gasteiger partial charge in [0.2, 0.25) is 0 Å². The Kier molecular flexibility index (Phi) is 4.64. The molecule has 1 heterocycles. The van der Waals surface area contributed by atoms with E-state index in [-0.39, 0.29) is 12.2 Å². The number of nitro groups is 1. The molecule has 1 aromatic rings. The van der Waals surface area contributed by atoms with Crippen LogP contribution in [0.4, 0.5) is 14.5 Å². The van der Waals surface area contributed by atoms with Crippen molar-refractivity contribution in [1.82, 2.24) is 4.98 Å². The van der Waals surface area contributed by atoms with Gasteiger partial charge in [0.05, 0.1) is 23.5 Å². The minimum absolute atomic E-state index is 0.106. The lowest BCUT2D eigenvalue weighted by molar-refractivity contribution is -0.387. The first-order valence-corrected chi connectivity index (χ1v) is 5.02. The molecule has 0 radical (unpaired) electrons. The maximum atomic E-state index is 12.6. The van der Waals surface area contributed by atoms with E-state index < -0.39 is 35.0 Å². The Morgan fingerprint density at radius 2 is 2.22 bits per heavy atom. The highest BCUT2D eigenvalue weighted by Gasteiger charge is 2.27. The number of esters is 1. The van der Waals surface area contributed by atoms with Crippen LogP contribution in [0.3, 0.4) is 0 Å². The molecule has 0 saturated carbocycles. The molecule has 8 heteroatoms. The minimum atomic E-state index is -3.03. The number of nitrogens with zero attached hydrogens (tertiary/aromatic N) is 2. The number of pyridine rings is 1. The Morgan fingerprint density at radius 3 is 2.72 bits per heavy atom. The number of hydrogen-bond donors (Lipinski definition) is 0. The molecule has 1 rings (SSSR count). The number of carbonyl (C=O) groups is 1. The predicted octanol–water partition coefficient (Wildman–Crippen LogP) is 2.03. The van der Waals surface area contributed by atoms with Crippen molar-refractivity contribution in [3.63, 3.8) is 0 Å². The number of hydrogen-bond acceptors (Lipinski definition) is 5. The molecule has 18 heavy (non-hydrogen) atoms. The van der Waals surface area contributed by atoms with Gasteiger partial charge in [0, 0.05) is 12.4 Å². The van der Waals surface area contributed by atoms with Crippen molar-refractivity contribution in [2.45, 2.75) is 19.8 Å². The fourth-order valence-electron chi connectivity index (χ4n) is 1.39. The van der Waals surface area contributed by atoms with Crippen LogP contribution >= 0.6 is 0 Å². The largest absolute Gasteiger partial charge is 0.466 e. The average molecular weight is 260 g/mol. The fraction of sp³-hybridized carbons (Fsp3) is 0.400. The fourth-order valence-corrected chi connectivity index (χ4v) is 1.39. The average Bonchev–Trinajstić information content (AvgIpc) is 2.28. The minimum Gasteiger partial charge on any atom is -0.466 e. The molecule has 0 aliphatic carbocycles. The Hall–Kier alpha value is -2.12. The van der Waals surface area contributed by atoms with Crippen molar-refractivity contribution in [3.05, 3.63) is 33.6 Å².